The Labute approximate surface area is 172 Å². The van der Waals surface area contributed by atoms with Gasteiger partial charge in [0.05, 0.1) is 17.6 Å². The van der Waals surface area contributed by atoms with Crippen LogP contribution in [-0.2, 0) is 16.7 Å². The average Bonchev–Trinajstić information content (AvgIpc) is 3.36. The van der Waals surface area contributed by atoms with E-state index in [4.69, 9.17) is 14.5 Å². The van der Waals surface area contributed by atoms with Gasteiger partial charge < -0.3 is 14.8 Å². The predicted octanol–water partition coefficient (Wildman–Crippen LogP) is 5.08. The zero-order chi connectivity index (χ0) is 19.5. The van der Waals surface area contributed by atoms with E-state index in [1.54, 1.807) is 18.4 Å². The molecule has 1 N–H and O–H groups in total. The summed E-state index contributed by atoms with van der Waals surface area (Å²) in [6, 6.07) is 8.82. The summed E-state index contributed by atoms with van der Waals surface area (Å²) in [4.78, 5) is 6.08. The minimum atomic E-state index is 0.0759. The van der Waals surface area contributed by atoms with E-state index >= 15 is 0 Å². The third-order valence-electron chi connectivity index (χ3n) is 6.60. The van der Waals surface area contributed by atoms with Crippen LogP contribution in [0.3, 0.4) is 0 Å². The first-order valence-electron chi connectivity index (χ1n) is 10.5. The van der Waals surface area contributed by atoms with Gasteiger partial charge in [0.1, 0.15) is 5.75 Å². The second kappa shape index (κ2) is 8.52. The summed E-state index contributed by atoms with van der Waals surface area (Å²) >= 11 is 1.75. The minimum Gasteiger partial charge on any atom is -0.496 e. The molecule has 1 spiro atoms. The number of hydrogen-bond donors (Lipinski definition) is 1. The summed E-state index contributed by atoms with van der Waals surface area (Å²) in [6.07, 6.45) is 10.2. The fourth-order valence-corrected chi connectivity index (χ4v) is 6.09. The molecule has 2 atom stereocenters. The van der Waals surface area contributed by atoms with E-state index in [0.717, 1.165) is 38.2 Å². The van der Waals surface area contributed by atoms with E-state index in [1.807, 2.05) is 18.3 Å². The summed E-state index contributed by atoms with van der Waals surface area (Å²) < 4.78 is 11.8. The Kier molecular flexibility index (Phi) is 6.04. The average molecular weight is 401 g/mol. The Hall–Kier alpha value is -1.43. The number of aromatic nitrogens is 1. The van der Waals surface area contributed by atoms with Crippen molar-refractivity contribution >= 4 is 11.3 Å². The highest BCUT2D eigenvalue weighted by molar-refractivity contribution is 7.10. The summed E-state index contributed by atoms with van der Waals surface area (Å²) in [5.74, 6) is 0.986. The maximum Gasteiger partial charge on any atom is 0.134 e. The lowest BCUT2D eigenvalue weighted by Crippen LogP contribution is -2.49. The number of pyridine rings is 1. The van der Waals surface area contributed by atoms with Crippen LogP contribution in [0.1, 0.15) is 62.4 Å². The lowest BCUT2D eigenvalue weighted by Gasteiger charge is -2.47. The molecule has 1 saturated heterocycles. The molecular formula is C23H32N2O2S. The molecule has 3 heterocycles. The molecule has 1 aliphatic heterocycles. The van der Waals surface area contributed by atoms with E-state index in [2.05, 4.69) is 29.8 Å². The summed E-state index contributed by atoms with van der Waals surface area (Å²) in [7, 11) is 1.74. The first-order valence-corrected chi connectivity index (χ1v) is 11.4. The molecule has 0 radical (unpaired) electrons. The second-order valence-corrected chi connectivity index (χ2v) is 9.56. The van der Waals surface area contributed by atoms with E-state index in [-0.39, 0.29) is 11.0 Å². The standard InChI is InChI=1S/C23H32N2O2S/c1-18(25-16-20-19(26-2)8-14-28-20)15-22(21-7-3-6-12-24-21)11-13-27-23(17-22)9-4-5-10-23/h3,6-8,12,14,18,25H,4-5,9-11,13,15-17H2,1-2H3. The summed E-state index contributed by atoms with van der Waals surface area (Å²) in [5.41, 5.74) is 1.41. The van der Waals surface area contributed by atoms with Gasteiger partial charge in [-0.3, -0.25) is 4.98 Å². The van der Waals surface area contributed by atoms with Crippen molar-refractivity contribution in [1.29, 1.82) is 0 Å². The molecule has 2 aromatic heterocycles. The van der Waals surface area contributed by atoms with Crippen molar-refractivity contribution in [1.82, 2.24) is 10.3 Å². The Balaban J connectivity index is 1.51. The molecule has 2 aliphatic rings. The minimum absolute atomic E-state index is 0.0759. The highest BCUT2D eigenvalue weighted by atomic mass is 32.1. The predicted molar refractivity (Wildman–Crippen MR) is 114 cm³/mol. The van der Waals surface area contributed by atoms with Crippen molar-refractivity contribution in [3.8, 4) is 5.75 Å². The smallest absolute Gasteiger partial charge is 0.134 e. The fraction of sp³-hybridized carbons (Fsp3) is 0.609. The number of nitrogens with zero attached hydrogens (tertiary/aromatic N) is 1. The molecule has 0 bridgehead atoms. The number of rotatable bonds is 7. The van der Waals surface area contributed by atoms with Crippen LogP contribution in [-0.4, -0.2) is 30.3 Å². The number of methoxy groups -OCH3 is 1. The van der Waals surface area contributed by atoms with Crippen LogP contribution < -0.4 is 10.1 Å². The molecule has 0 aromatic carbocycles. The van der Waals surface area contributed by atoms with Crippen LogP contribution in [0, 0.1) is 0 Å². The lowest BCUT2D eigenvalue weighted by molar-refractivity contribution is -0.105. The molecule has 28 heavy (non-hydrogen) atoms. The van der Waals surface area contributed by atoms with Crippen molar-refractivity contribution < 1.29 is 9.47 Å². The number of thiophene rings is 1. The Morgan fingerprint density at radius 1 is 1.25 bits per heavy atom. The van der Waals surface area contributed by atoms with Gasteiger partial charge in [-0.05, 0) is 62.6 Å². The Bertz CT molecular complexity index is 757. The third kappa shape index (κ3) is 4.12. The van der Waals surface area contributed by atoms with Crippen molar-refractivity contribution in [3.05, 3.63) is 46.4 Å². The van der Waals surface area contributed by atoms with Gasteiger partial charge in [-0.1, -0.05) is 18.9 Å². The quantitative estimate of drug-likeness (QED) is 0.704. The van der Waals surface area contributed by atoms with Gasteiger partial charge in [-0.25, -0.2) is 0 Å². The van der Waals surface area contributed by atoms with Crippen LogP contribution in [0.15, 0.2) is 35.8 Å². The highest BCUT2D eigenvalue weighted by Gasteiger charge is 2.49. The molecule has 4 rings (SSSR count). The fourth-order valence-electron chi connectivity index (χ4n) is 5.30. The van der Waals surface area contributed by atoms with E-state index in [9.17, 15) is 0 Å². The topological polar surface area (TPSA) is 43.4 Å². The van der Waals surface area contributed by atoms with Crippen LogP contribution in [0.4, 0.5) is 0 Å². The SMILES string of the molecule is COc1ccsc1CNC(C)CC1(c2ccccn2)CCOC2(CCCC2)C1. The molecule has 5 heteroatoms. The first kappa shape index (κ1) is 19.9. The van der Waals surface area contributed by atoms with Gasteiger partial charge in [0.25, 0.3) is 0 Å². The number of ether oxygens (including phenoxy) is 2. The van der Waals surface area contributed by atoms with E-state index < -0.39 is 0 Å². The summed E-state index contributed by atoms with van der Waals surface area (Å²) in [5, 5.41) is 5.84. The maximum atomic E-state index is 6.37. The van der Waals surface area contributed by atoms with Gasteiger partial charge in [0, 0.05) is 36.5 Å². The van der Waals surface area contributed by atoms with Crippen LogP contribution in [0.5, 0.6) is 5.75 Å². The molecule has 2 unspecified atom stereocenters. The van der Waals surface area contributed by atoms with Gasteiger partial charge in [0.2, 0.25) is 0 Å². The molecule has 1 aliphatic carbocycles. The molecule has 2 fully saturated rings. The normalized spacial score (nSPS) is 25.1. The third-order valence-corrected chi connectivity index (χ3v) is 7.51. The van der Waals surface area contributed by atoms with Gasteiger partial charge in [-0.2, -0.15) is 0 Å². The number of nitrogens with one attached hydrogen (secondary N) is 1. The van der Waals surface area contributed by atoms with Crippen molar-refractivity contribution in [2.45, 2.75) is 75.5 Å². The van der Waals surface area contributed by atoms with Gasteiger partial charge in [-0.15, -0.1) is 11.3 Å². The highest BCUT2D eigenvalue weighted by Crippen LogP contribution is 2.50. The second-order valence-electron chi connectivity index (χ2n) is 8.56. The molecule has 2 aromatic rings. The number of hydrogen-bond acceptors (Lipinski definition) is 5. The molecular weight excluding hydrogens is 368 g/mol. The van der Waals surface area contributed by atoms with Crippen molar-refractivity contribution in [2.75, 3.05) is 13.7 Å². The lowest BCUT2D eigenvalue weighted by atomic mass is 9.66. The van der Waals surface area contributed by atoms with Gasteiger partial charge in [0.15, 0.2) is 0 Å². The molecule has 1 saturated carbocycles. The van der Waals surface area contributed by atoms with E-state index in [0.29, 0.717) is 6.04 Å². The Morgan fingerprint density at radius 2 is 2.11 bits per heavy atom. The molecule has 4 nitrogen and oxygen atoms in total. The zero-order valence-electron chi connectivity index (χ0n) is 17.1. The van der Waals surface area contributed by atoms with Crippen molar-refractivity contribution in [3.63, 3.8) is 0 Å². The monoisotopic (exact) mass is 400 g/mol. The Morgan fingerprint density at radius 3 is 2.86 bits per heavy atom. The first-order chi connectivity index (χ1) is 13.6. The van der Waals surface area contributed by atoms with Crippen LogP contribution in [0.25, 0.3) is 0 Å². The van der Waals surface area contributed by atoms with E-state index in [1.165, 1.54) is 36.3 Å². The molecule has 0 amide bonds. The molecule has 152 valence electrons. The van der Waals surface area contributed by atoms with Crippen molar-refractivity contribution in [2.24, 2.45) is 0 Å². The maximum absolute atomic E-state index is 6.37. The van der Waals surface area contributed by atoms with Crippen LogP contribution in [0.2, 0.25) is 0 Å². The van der Waals surface area contributed by atoms with Crippen LogP contribution >= 0.6 is 11.3 Å². The largest absolute Gasteiger partial charge is 0.496 e. The summed E-state index contributed by atoms with van der Waals surface area (Å²) in [6.45, 7) is 4.01. The zero-order valence-corrected chi connectivity index (χ0v) is 17.9. The van der Waals surface area contributed by atoms with Gasteiger partial charge >= 0.3 is 0 Å².